The Morgan fingerprint density at radius 3 is 2.67 bits per heavy atom. The van der Waals surface area contributed by atoms with Crippen molar-refractivity contribution in [3.8, 4) is 5.75 Å². The molecule has 0 aliphatic carbocycles. The summed E-state index contributed by atoms with van der Waals surface area (Å²) in [5, 5.41) is 8.61. The summed E-state index contributed by atoms with van der Waals surface area (Å²) >= 11 is 0. The van der Waals surface area contributed by atoms with Crippen LogP contribution in [0.25, 0.3) is 0 Å². The summed E-state index contributed by atoms with van der Waals surface area (Å²) in [5.74, 6) is -0.479. The minimum absolute atomic E-state index is 0.0933. The SMILES string of the molecule is [B]c1cc(OC)ccc1C(=O)O. The molecule has 2 radical (unpaired) electrons. The highest BCUT2D eigenvalue weighted by Gasteiger charge is 2.05. The van der Waals surface area contributed by atoms with Crippen molar-refractivity contribution >= 4 is 19.3 Å². The zero-order valence-electron chi connectivity index (χ0n) is 6.57. The fourth-order valence-electron chi connectivity index (χ4n) is 0.863. The smallest absolute Gasteiger partial charge is 0.335 e. The molecule has 0 aliphatic rings. The van der Waals surface area contributed by atoms with Crippen LogP contribution in [0.15, 0.2) is 18.2 Å². The summed E-state index contributed by atoms with van der Waals surface area (Å²) in [6.07, 6.45) is 0. The van der Waals surface area contributed by atoms with Crippen LogP contribution in [0.1, 0.15) is 10.4 Å². The fourth-order valence-corrected chi connectivity index (χ4v) is 0.863. The molecule has 1 aromatic rings. The highest BCUT2D eigenvalue weighted by Crippen LogP contribution is 2.08. The van der Waals surface area contributed by atoms with E-state index < -0.39 is 5.97 Å². The molecule has 0 amide bonds. The summed E-state index contributed by atoms with van der Waals surface area (Å²) in [6, 6.07) is 4.44. The molecule has 60 valence electrons. The second-order valence-electron chi connectivity index (χ2n) is 2.26. The van der Waals surface area contributed by atoms with Crippen LogP contribution in [0.4, 0.5) is 0 Å². The third-order valence-electron chi connectivity index (χ3n) is 1.49. The van der Waals surface area contributed by atoms with Gasteiger partial charge in [-0.1, -0.05) is 5.46 Å². The number of hydrogen-bond donors (Lipinski definition) is 1. The Labute approximate surface area is 71.4 Å². The van der Waals surface area contributed by atoms with Gasteiger partial charge in [0.2, 0.25) is 0 Å². The monoisotopic (exact) mass is 162 g/mol. The molecule has 0 fully saturated rings. The minimum atomic E-state index is -1.03. The summed E-state index contributed by atoms with van der Waals surface area (Å²) in [5.41, 5.74) is 0.303. The largest absolute Gasteiger partial charge is 0.497 e. The Balaban J connectivity index is 3.12. The van der Waals surface area contributed by atoms with Crippen LogP contribution in [0.3, 0.4) is 0 Å². The lowest BCUT2D eigenvalue weighted by Crippen LogP contribution is -2.15. The number of rotatable bonds is 2. The zero-order valence-corrected chi connectivity index (χ0v) is 6.57. The highest BCUT2D eigenvalue weighted by molar-refractivity contribution is 6.36. The van der Waals surface area contributed by atoms with Crippen LogP contribution < -0.4 is 10.2 Å². The van der Waals surface area contributed by atoms with Gasteiger partial charge in [-0.15, -0.1) is 0 Å². The van der Waals surface area contributed by atoms with Crippen molar-refractivity contribution in [3.05, 3.63) is 23.8 Å². The molecule has 0 heterocycles. The zero-order chi connectivity index (χ0) is 9.14. The molecule has 0 saturated carbocycles. The van der Waals surface area contributed by atoms with E-state index >= 15 is 0 Å². The Bertz CT molecular complexity index is 309. The average Bonchev–Trinajstić information content (AvgIpc) is 2.03. The molecule has 1 aromatic carbocycles. The van der Waals surface area contributed by atoms with Crippen LogP contribution >= 0.6 is 0 Å². The Morgan fingerprint density at radius 1 is 1.58 bits per heavy atom. The second kappa shape index (κ2) is 3.30. The standard InChI is InChI=1S/C8H7BO3/c1-12-5-2-3-6(8(10)11)7(9)4-5/h2-4H,1H3,(H,10,11). The fraction of sp³-hybridized carbons (Fsp3) is 0.125. The molecule has 1 N–H and O–H groups in total. The first-order valence-electron chi connectivity index (χ1n) is 3.32. The number of aromatic carboxylic acids is 1. The Kier molecular flexibility index (Phi) is 2.38. The molecular weight excluding hydrogens is 155 g/mol. The van der Waals surface area contributed by atoms with Crippen LogP contribution in [0, 0.1) is 0 Å². The summed E-state index contributed by atoms with van der Waals surface area (Å²) in [6.45, 7) is 0. The van der Waals surface area contributed by atoms with Crippen molar-refractivity contribution in [1.82, 2.24) is 0 Å². The van der Waals surface area contributed by atoms with Crippen LogP contribution in [-0.4, -0.2) is 26.0 Å². The summed E-state index contributed by atoms with van der Waals surface area (Å²) in [7, 11) is 6.93. The van der Waals surface area contributed by atoms with Gasteiger partial charge >= 0.3 is 5.97 Å². The number of carboxylic acid groups (broad SMARTS) is 1. The number of carbonyl (C=O) groups is 1. The average molecular weight is 162 g/mol. The van der Waals surface area contributed by atoms with Crippen molar-refractivity contribution in [1.29, 1.82) is 0 Å². The van der Waals surface area contributed by atoms with Gasteiger partial charge in [0.1, 0.15) is 13.6 Å². The Morgan fingerprint density at radius 2 is 2.25 bits per heavy atom. The maximum atomic E-state index is 10.5. The van der Waals surface area contributed by atoms with Crippen LogP contribution in [0.2, 0.25) is 0 Å². The van der Waals surface area contributed by atoms with E-state index in [0.717, 1.165) is 0 Å². The van der Waals surface area contributed by atoms with E-state index in [-0.39, 0.29) is 11.0 Å². The number of ether oxygens (including phenoxy) is 1. The first kappa shape index (κ1) is 8.65. The molecule has 0 atom stereocenters. The van der Waals surface area contributed by atoms with Crippen molar-refractivity contribution in [3.63, 3.8) is 0 Å². The van der Waals surface area contributed by atoms with Crippen molar-refractivity contribution < 1.29 is 14.6 Å². The molecular formula is C8H7BO3. The quantitative estimate of drug-likeness (QED) is 0.631. The van der Waals surface area contributed by atoms with Gasteiger partial charge in [-0.25, -0.2) is 4.79 Å². The van der Waals surface area contributed by atoms with Crippen molar-refractivity contribution in [2.24, 2.45) is 0 Å². The van der Waals surface area contributed by atoms with E-state index in [1.165, 1.54) is 19.2 Å². The predicted octanol–water partition coefficient (Wildman–Crippen LogP) is 0.187. The number of methoxy groups -OCH3 is 1. The van der Waals surface area contributed by atoms with Gasteiger partial charge in [-0.3, -0.25) is 0 Å². The minimum Gasteiger partial charge on any atom is -0.497 e. The summed E-state index contributed by atoms with van der Waals surface area (Å²) < 4.78 is 4.86. The maximum Gasteiger partial charge on any atom is 0.335 e. The second-order valence-corrected chi connectivity index (χ2v) is 2.26. The van der Waals surface area contributed by atoms with E-state index in [1.807, 2.05) is 0 Å². The first-order valence-corrected chi connectivity index (χ1v) is 3.32. The maximum absolute atomic E-state index is 10.5. The van der Waals surface area contributed by atoms with Crippen molar-refractivity contribution in [2.75, 3.05) is 7.11 Å². The van der Waals surface area contributed by atoms with Crippen molar-refractivity contribution in [2.45, 2.75) is 0 Å². The number of benzene rings is 1. The molecule has 0 aliphatic heterocycles. The van der Waals surface area contributed by atoms with E-state index in [9.17, 15) is 4.79 Å². The van der Waals surface area contributed by atoms with E-state index in [1.54, 1.807) is 6.07 Å². The van der Waals surface area contributed by atoms with Crippen LogP contribution in [-0.2, 0) is 0 Å². The highest BCUT2D eigenvalue weighted by atomic mass is 16.5. The molecule has 1 rings (SSSR count). The van der Waals surface area contributed by atoms with Gasteiger partial charge in [-0.2, -0.15) is 0 Å². The predicted molar refractivity (Wildman–Crippen MR) is 45.3 cm³/mol. The molecule has 0 bridgehead atoms. The topological polar surface area (TPSA) is 46.5 Å². The molecule has 4 heteroatoms. The van der Waals surface area contributed by atoms with E-state index in [4.69, 9.17) is 17.7 Å². The molecule has 12 heavy (non-hydrogen) atoms. The van der Waals surface area contributed by atoms with Gasteiger partial charge in [-0.05, 0) is 18.2 Å². The Hall–Kier alpha value is -1.45. The van der Waals surface area contributed by atoms with E-state index in [2.05, 4.69) is 0 Å². The molecule has 0 spiro atoms. The number of carboxylic acids is 1. The van der Waals surface area contributed by atoms with Gasteiger partial charge < -0.3 is 9.84 Å². The van der Waals surface area contributed by atoms with Gasteiger partial charge in [0.15, 0.2) is 0 Å². The lowest BCUT2D eigenvalue weighted by Gasteiger charge is -2.03. The van der Waals surface area contributed by atoms with Gasteiger partial charge in [0.05, 0.1) is 12.7 Å². The molecule has 0 saturated heterocycles. The molecule has 0 unspecified atom stereocenters. The lowest BCUT2D eigenvalue weighted by molar-refractivity contribution is 0.0698. The van der Waals surface area contributed by atoms with Crippen LogP contribution in [0.5, 0.6) is 5.75 Å². The first-order chi connectivity index (χ1) is 5.65. The summed E-state index contributed by atoms with van der Waals surface area (Å²) in [4.78, 5) is 10.5. The van der Waals surface area contributed by atoms with Gasteiger partial charge in [0.25, 0.3) is 0 Å². The number of hydrogen-bond acceptors (Lipinski definition) is 2. The van der Waals surface area contributed by atoms with Gasteiger partial charge in [0, 0.05) is 0 Å². The molecule has 0 aromatic heterocycles. The lowest BCUT2D eigenvalue weighted by atomic mass is 9.90. The third-order valence-corrected chi connectivity index (χ3v) is 1.49. The molecule has 3 nitrogen and oxygen atoms in total. The van der Waals surface area contributed by atoms with E-state index in [0.29, 0.717) is 5.75 Å². The normalized spacial score (nSPS) is 9.42. The third kappa shape index (κ3) is 1.58.